The SMILES string of the molecule is Cc1cc(C2=Cc3cc(C(N)=O)ccc3N(c3ccncn3)C2)cc(C)c1C. The van der Waals surface area contributed by atoms with Gasteiger partial charge in [-0.3, -0.25) is 4.79 Å². The Morgan fingerprint density at radius 2 is 1.82 bits per heavy atom. The average Bonchev–Trinajstić information content (AvgIpc) is 2.71. The molecule has 2 N–H and O–H groups in total. The number of primary amides is 1. The third kappa shape index (κ3) is 3.16. The second-order valence-corrected chi connectivity index (χ2v) is 7.20. The molecule has 1 aliphatic heterocycles. The van der Waals surface area contributed by atoms with Gasteiger partial charge in [-0.05, 0) is 84.5 Å². The predicted molar refractivity (Wildman–Crippen MR) is 113 cm³/mol. The number of benzene rings is 2. The van der Waals surface area contributed by atoms with Crippen molar-refractivity contribution in [1.82, 2.24) is 9.97 Å². The first kappa shape index (κ1) is 17.9. The zero-order valence-electron chi connectivity index (χ0n) is 16.2. The van der Waals surface area contributed by atoms with Gasteiger partial charge in [0.25, 0.3) is 0 Å². The van der Waals surface area contributed by atoms with Crippen LogP contribution in [0.3, 0.4) is 0 Å². The van der Waals surface area contributed by atoms with Crippen molar-refractivity contribution >= 4 is 29.1 Å². The first-order valence-electron chi connectivity index (χ1n) is 9.20. The van der Waals surface area contributed by atoms with Crippen molar-refractivity contribution in [3.05, 3.63) is 82.3 Å². The van der Waals surface area contributed by atoms with Crippen molar-refractivity contribution in [2.45, 2.75) is 20.8 Å². The van der Waals surface area contributed by atoms with E-state index in [9.17, 15) is 4.79 Å². The number of carbonyl (C=O) groups is 1. The minimum atomic E-state index is -0.432. The maximum atomic E-state index is 11.7. The molecule has 1 aliphatic rings. The van der Waals surface area contributed by atoms with E-state index < -0.39 is 5.91 Å². The maximum Gasteiger partial charge on any atom is 0.248 e. The van der Waals surface area contributed by atoms with Crippen LogP contribution in [-0.2, 0) is 0 Å². The van der Waals surface area contributed by atoms with Crippen LogP contribution in [0.25, 0.3) is 11.6 Å². The third-order valence-corrected chi connectivity index (χ3v) is 5.40. The number of nitrogens with two attached hydrogens (primary N) is 1. The monoisotopic (exact) mass is 370 g/mol. The zero-order chi connectivity index (χ0) is 19.8. The lowest BCUT2D eigenvalue weighted by Crippen LogP contribution is -2.25. The molecule has 0 saturated heterocycles. The summed E-state index contributed by atoms with van der Waals surface area (Å²) < 4.78 is 0. The number of rotatable bonds is 3. The number of nitrogens with zero attached hydrogens (tertiary/aromatic N) is 3. The summed E-state index contributed by atoms with van der Waals surface area (Å²) in [6.07, 6.45) is 5.42. The van der Waals surface area contributed by atoms with Crippen molar-refractivity contribution in [2.75, 3.05) is 11.4 Å². The molecule has 1 aromatic heterocycles. The Morgan fingerprint density at radius 1 is 1.07 bits per heavy atom. The van der Waals surface area contributed by atoms with E-state index in [0.29, 0.717) is 12.1 Å². The Balaban J connectivity index is 1.89. The van der Waals surface area contributed by atoms with Gasteiger partial charge in [0.05, 0.1) is 12.2 Å². The predicted octanol–water partition coefficient (Wildman–Crippen LogP) is 4.19. The Labute approximate surface area is 164 Å². The summed E-state index contributed by atoms with van der Waals surface area (Å²) in [5.74, 6) is 0.383. The molecule has 4 rings (SSSR count). The largest absolute Gasteiger partial charge is 0.366 e. The summed E-state index contributed by atoms with van der Waals surface area (Å²) in [6.45, 7) is 7.10. The minimum Gasteiger partial charge on any atom is -0.366 e. The van der Waals surface area contributed by atoms with E-state index in [1.807, 2.05) is 18.2 Å². The van der Waals surface area contributed by atoms with E-state index in [1.54, 1.807) is 18.6 Å². The summed E-state index contributed by atoms with van der Waals surface area (Å²) in [4.78, 5) is 22.3. The molecule has 3 aromatic rings. The number of aromatic nitrogens is 2. The first-order chi connectivity index (χ1) is 13.4. The highest BCUT2D eigenvalue weighted by Gasteiger charge is 2.22. The summed E-state index contributed by atoms with van der Waals surface area (Å²) in [5, 5.41) is 0. The zero-order valence-corrected chi connectivity index (χ0v) is 16.2. The van der Waals surface area contributed by atoms with Crippen molar-refractivity contribution in [3.63, 3.8) is 0 Å². The lowest BCUT2D eigenvalue weighted by molar-refractivity contribution is 0.100. The standard InChI is InChI=1S/C23H22N4O/c1-14-8-18(9-15(2)16(14)3)20-11-19-10-17(23(24)28)4-5-21(19)27(12-20)22-6-7-25-13-26-22/h4-11,13H,12H2,1-3H3,(H2,24,28). The average molecular weight is 370 g/mol. The first-order valence-corrected chi connectivity index (χ1v) is 9.20. The fourth-order valence-electron chi connectivity index (χ4n) is 3.60. The van der Waals surface area contributed by atoms with Crippen LogP contribution in [0.5, 0.6) is 0 Å². The van der Waals surface area contributed by atoms with Crippen molar-refractivity contribution < 1.29 is 4.79 Å². The molecule has 5 nitrogen and oxygen atoms in total. The molecule has 0 fully saturated rings. The molecule has 140 valence electrons. The Morgan fingerprint density at radius 3 is 2.46 bits per heavy atom. The number of amides is 1. The minimum absolute atomic E-state index is 0.432. The van der Waals surface area contributed by atoms with E-state index in [2.05, 4.69) is 53.8 Å². The van der Waals surface area contributed by atoms with E-state index in [4.69, 9.17) is 5.73 Å². The summed E-state index contributed by atoms with van der Waals surface area (Å²) in [6, 6.07) is 11.9. The van der Waals surface area contributed by atoms with Gasteiger partial charge in [0.1, 0.15) is 12.1 Å². The molecular formula is C23H22N4O. The normalized spacial score (nSPS) is 13.1. The Hall–Kier alpha value is -3.47. The summed E-state index contributed by atoms with van der Waals surface area (Å²) in [5.41, 5.74) is 14.1. The highest BCUT2D eigenvalue weighted by molar-refractivity contribution is 5.98. The number of anilines is 2. The van der Waals surface area contributed by atoms with Crippen LogP contribution in [0.15, 0.2) is 48.9 Å². The van der Waals surface area contributed by atoms with Gasteiger partial charge in [-0.15, -0.1) is 0 Å². The van der Waals surface area contributed by atoms with Gasteiger partial charge < -0.3 is 10.6 Å². The molecule has 5 heteroatoms. The molecule has 0 radical (unpaired) electrons. The van der Waals surface area contributed by atoms with Gasteiger partial charge in [-0.25, -0.2) is 9.97 Å². The van der Waals surface area contributed by atoms with E-state index >= 15 is 0 Å². The smallest absolute Gasteiger partial charge is 0.248 e. The molecule has 0 saturated carbocycles. The van der Waals surface area contributed by atoms with Gasteiger partial charge in [0.15, 0.2) is 0 Å². The number of fused-ring (bicyclic) bond motifs is 1. The number of carbonyl (C=O) groups excluding carboxylic acids is 1. The fraction of sp³-hybridized carbons (Fsp3) is 0.174. The Kier molecular flexibility index (Phi) is 4.43. The molecule has 0 aliphatic carbocycles. The molecular weight excluding hydrogens is 348 g/mol. The fourth-order valence-corrected chi connectivity index (χ4v) is 3.60. The van der Waals surface area contributed by atoms with Crippen molar-refractivity contribution in [1.29, 1.82) is 0 Å². The van der Waals surface area contributed by atoms with Gasteiger partial charge in [-0.2, -0.15) is 0 Å². The van der Waals surface area contributed by atoms with Crippen LogP contribution in [-0.4, -0.2) is 22.4 Å². The van der Waals surface area contributed by atoms with Crippen LogP contribution in [0, 0.1) is 20.8 Å². The number of hydrogen-bond donors (Lipinski definition) is 1. The molecule has 2 heterocycles. The van der Waals surface area contributed by atoms with Crippen LogP contribution in [0.2, 0.25) is 0 Å². The maximum absolute atomic E-state index is 11.7. The van der Waals surface area contributed by atoms with Crippen LogP contribution >= 0.6 is 0 Å². The van der Waals surface area contributed by atoms with Gasteiger partial charge in [0, 0.05) is 11.8 Å². The second kappa shape index (κ2) is 6.93. The van der Waals surface area contributed by atoms with E-state index in [0.717, 1.165) is 17.1 Å². The lowest BCUT2D eigenvalue weighted by Gasteiger charge is -2.31. The van der Waals surface area contributed by atoms with Crippen LogP contribution in [0.4, 0.5) is 11.5 Å². The molecule has 28 heavy (non-hydrogen) atoms. The number of hydrogen-bond acceptors (Lipinski definition) is 4. The summed E-state index contributed by atoms with van der Waals surface area (Å²) >= 11 is 0. The molecule has 2 aromatic carbocycles. The van der Waals surface area contributed by atoms with Crippen molar-refractivity contribution in [3.8, 4) is 0 Å². The molecule has 0 atom stereocenters. The lowest BCUT2D eigenvalue weighted by atomic mass is 9.92. The molecule has 0 unspecified atom stereocenters. The topological polar surface area (TPSA) is 72.1 Å². The highest BCUT2D eigenvalue weighted by Crippen LogP contribution is 2.37. The van der Waals surface area contributed by atoms with Gasteiger partial charge in [-0.1, -0.05) is 12.1 Å². The molecule has 1 amide bonds. The number of aryl methyl sites for hydroxylation is 2. The van der Waals surface area contributed by atoms with Gasteiger partial charge >= 0.3 is 0 Å². The Bertz CT molecular complexity index is 1080. The second-order valence-electron chi connectivity index (χ2n) is 7.20. The third-order valence-electron chi connectivity index (χ3n) is 5.40. The molecule has 0 bridgehead atoms. The van der Waals surface area contributed by atoms with Crippen LogP contribution in [0.1, 0.15) is 38.2 Å². The van der Waals surface area contributed by atoms with Gasteiger partial charge in [0.2, 0.25) is 5.91 Å². The summed E-state index contributed by atoms with van der Waals surface area (Å²) in [7, 11) is 0. The van der Waals surface area contributed by atoms with Crippen molar-refractivity contribution in [2.24, 2.45) is 5.73 Å². The molecule has 0 spiro atoms. The highest BCUT2D eigenvalue weighted by atomic mass is 16.1. The van der Waals surface area contributed by atoms with E-state index in [-0.39, 0.29) is 0 Å². The quantitative estimate of drug-likeness (QED) is 0.750. The van der Waals surface area contributed by atoms with E-state index in [1.165, 1.54) is 27.8 Å². The van der Waals surface area contributed by atoms with Crippen LogP contribution < -0.4 is 10.6 Å².